The molecule has 9 heteroatoms. The summed E-state index contributed by atoms with van der Waals surface area (Å²) in [6.45, 7) is 1.85. The molecule has 0 aliphatic rings. The van der Waals surface area contributed by atoms with E-state index in [1.165, 1.54) is 0 Å². The molecule has 0 aliphatic heterocycles. The Morgan fingerprint density at radius 1 is 1.08 bits per heavy atom. The predicted molar refractivity (Wildman–Crippen MR) is 98.6 cm³/mol. The highest BCUT2D eigenvalue weighted by molar-refractivity contribution is 6.32. The summed E-state index contributed by atoms with van der Waals surface area (Å²) in [5, 5.41) is 12.1. The van der Waals surface area contributed by atoms with Gasteiger partial charge in [0.1, 0.15) is 17.8 Å². The van der Waals surface area contributed by atoms with Gasteiger partial charge in [-0.25, -0.2) is 19.6 Å². The Bertz CT molecular complexity index is 1050. The molecule has 0 saturated heterocycles. The first kappa shape index (κ1) is 16.2. The Balaban J connectivity index is 1.59. The van der Waals surface area contributed by atoms with Crippen LogP contribution in [0.25, 0.3) is 17.1 Å². The minimum Gasteiger partial charge on any atom is -0.324 e. The average molecular weight is 367 g/mol. The maximum atomic E-state index is 6.24. The van der Waals surface area contributed by atoms with Gasteiger partial charge < -0.3 is 5.32 Å². The summed E-state index contributed by atoms with van der Waals surface area (Å²) in [5.41, 5.74) is 3.21. The van der Waals surface area contributed by atoms with Gasteiger partial charge in [0, 0.05) is 18.9 Å². The van der Waals surface area contributed by atoms with Crippen molar-refractivity contribution in [2.45, 2.75) is 6.92 Å². The van der Waals surface area contributed by atoms with Gasteiger partial charge in [0.2, 0.25) is 5.95 Å². The lowest BCUT2D eigenvalue weighted by atomic mass is 10.3. The third-order valence-electron chi connectivity index (χ3n) is 3.80. The van der Waals surface area contributed by atoms with Crippen LogP contribution < -0.4 is 5.32 Å². The van der Waals surface area contributed by atoms with Gasteiger partial charge in [0.25, 0.3) is 0 Å². The molecule has 0 atom stereocenters. The Morgan fingerprint density at radius 3 is 2.54 bits per heavy atom. The van der Waals surface area contributed by atoms with E-state index in [0.717, 1.165) is 22.9 Å². The van der Waals surface area contributed by atoms with Crippen LogP contribution in [0.3, 0.4) is 0 Å². The lowest BCUT2D eigenvalue weighted by Crippen LogP contribution is -2.02. The fourth-order valence-electron chi connectivity index (χ4n) is 2.51. The van der Waals surface area contributed by atoms with Crippen LogP contribution in [0.5, 0.6) is 0 Å². The van der Waals surface area contributed by atoms with Crippen LogP contribution in [0.1, 0.15) is 5.82 Å². The molecule has 4 rings (SSSR count). The molecule has 3 heterocycles. The van der Waals surface area contributed by atoms with E-state index in [9.17, 15) is 0 Å². The number of anilines is 2. The number of hydrogen-bond acceptors (Lipinski definition) is 6. The Hall–Kier alpha value is -3.26. The van der Waals surface area contributed by atoms with E-state index >= 15 is 0 Å². The van der Waals surface area contributed by atoms with Crippen molar-refractivity contribution in [2.24, 2.45) is 7.05 Å². The number of hydrogen-bond donors (Lipinski definition) is 1. The van der Waals surface area contributed by atoms with Crippen molar-refractivity contribution in [3.63, 3.8) is 0 Å². The number of benzene rings is 1. The van der Waals surface area contributed by atoms with E-state index in [-0.39, 0.29) is 0 Å². The quantitative estimate of drug-likeness (QED) is 0.597. The summed E-state index contributed by atoms with van der Waals surface area (Å²) in [6.07, 6.45) is 4.96. The van der Waals surface area contributed by atoms with Crippen LogP contribution in [0.15, 0.2) is 49.1 Å². The normalized spacial score (nSPS) is 10.9. The van der Waals surface area contributed by atoms with Crippen molar-refractivity contribution in [1.82, 2.24) is 34.5 Å². The van der Waals surface area contributed by atoms with E-state index in [1.807, 2.05) is 44.3 Å². The largest absolute Gasteiger partial charge is 0.324 e. The van der Waals surface area contributed by atoms with E-state index in [2.05, 4.69) is 30.5 Å². The van der Waals surface area contributed by atoms with Gasteiger partial charge in [-0.2, -0.15) is 10.2 Å². The zero-order valence-electron chi connectivity index (χ0n) is 14.1. The highest BCUT2D eigenvalue weighted by Gasteiger charge is 2.11. The fourth-order valence-corrected chi connectivity index (χ4v) is 2.70. The van der Waals surface area contributed by atoms with Crippen LogP contribution >= 0.6 is 11.6 Å². The van der Waals surface area contributed by atoms with Crippen molar-refractivity contribution in [3.05, 3.63) is 59.9 Å². The van der Waals surface area contributed by atoms with Crippen molar-refractivity contribution in [1.29, 1.82) is 0 Å². The van der Waals surface area contributed by atoms with Crippen LogP contribution in [0, 0.1) is 6.92 Å². The van der Waals surface area contributed by atoms with Crippen molar-refractivity contribution in [2.75, 3.05) is 5.32 Å². The van der Waals surface area contributed by atoms with Gasteiger partial charge >= 0.3 is 0 Å². The summed E-state index contributed by atoms with van der Waals surface area (Å²) in [5.74, 6) is 1.18. The second-order valence-corrected chi connectivity index (χ2v) is 6.05. The molecule has 3 aromatic heterocycles. The SMILES string of the molecule is Cc1ncn(-c2ccc(Nc3ncc(Cl)c(-c4ccnn4C)n3)cc2)n1. The zero-order valence-corrected chi connectivity index (χ0v) is 14.9. The first-order valence-corrected chi connectivity index (χ1v) is 8.24. The van der Waals surface area contributed by atoms with E-state index < -0.39 is 0 Å². The molecule has 4 aromatic rings. The maximum Gasteiger partial charge on any atom is 0.227 e. The van der Waals surface area contributed by atoms with Gasteiger partial charge in [-0.15, -0.1) is 0 Å². The van der Waals surface area contributed by atoms with E-state index in [4.69, 9.17) is 11.6 Å². The lowest BCUT2D eigenvalue weighted by molar-refractivity contribution is 0.773. The summed E-state index contributed by atoms with van der Waals surface area (Å²) < 4.78 is 3.44. The smallest absolute Gasteiger partial charge is 0.227 e. The van der Waals surface area contributed by atoms with Gasteiger partial charge in [-0.1, -0.05) is 11.6 Å². The molecule has 0 unspecified atom stereocenters. The number of nitrogens with one attached hydrogen (secondary N) is 1. The van der Waals surface area contributed by atoms with E-state index in [1.54, 1.807) is 28.1 Å². The topological polar surface area (TPSA) is 86.3 Å². The van der Waals surface area contributed by atoms with Crippen molar-refractivity contribution < 1.29 is 0 Å². The molecule has 8 nitrogen and oxygen atoms in total. The second-order valence-electron chi connectivity index (χ2n) is 5.64. The second kappa shape index (κ2) is 6.57. The Labute approximate surface area is 154 Å². The van der Waals surface area contributed by atoms with Crippen LogP contribution in [-0.4, -0.2) is 34.5 Å². The molecule has 0 aliphatic carbocycles. The van der Waals surface area contributed by atoms with Gasteiger partial charge in [0.05, 0.1) is 22.6 Å². The molecule has 0 amide bonds. The minimum atomic E-state index is 0.454. The molecule has 26 heavy (non-hydrogen) atoms. The minimum absolute atomic E-state index is 0.454. The number of aromatic nitrogens is 7. The Morgan fingerprint density at radius 2 is 1.88 bits per heavy atom. The third-order valence-corrected chi connectivity index (χ3v) is 4.08. The number of aryl methyl sites for hydroxylation is 2. The monoisotopic (exact) mass is 366 g/mol. The van der Waals surface area contributed by atoms with Gasteiger partial charge in [0.15, 0.2) is 0 Å². The highest BCUT2D eigenvalue weighted by Crippen LogP contribution is 2.26. The standard InChI is InChI=1S/C17H15ClN8/c1-11-20-10-26(24-11)13-5-3-12(4-6-13)22-17-19-9-14(18)16(23-17)15-7-8-21-25(15)2/h3-10H,1-2H3,(H,19,22,23). The predicted octanol–water partition coefficient (Wildman–Crippen LogP) is 3.16. The lowest BCUT2D eigenvalue weighted by Gasteiger charge is -2.09. The summed E-state index contributed by atoms with van der Waals surface area (Å²) in [7, 11) is 1.84. The molecular formula is C17H15ClN8. The van der Waals surface area contributed by atoms with E-state index in [0.29, 0.717) is 16.7 Å². The van der Waals surface area contributed by atoms with Crippen molar-refractivity contribution in [3.8, 4) is 17.1 Å². The molecule has 1 aromatic carbocycles. The van der Waals surface area contributed by atoms with Crippen LogP contribution in [0.4, 0.5) is 11.6 Å². The summed E-state index contributed by atoms with van der Waals surface area (Å²) in [4.78, 5) is 12.9. The first-order valence-electron chi connectivity index (χ1n) is 7.87. The fraction of sp³-hybridized carbons (Fsp3) is 0.118. The summed E-state index contributed by atoms with van der Waals surface area (Å²) in [6, 6.07) is 9.58. The van der Waals surface area contributed by atoms with Crippen LogP contribution in [0.2, 0.25) is 5.02 Å². The number of rotatable bonds is 4. The molecule has 0 saturated carbocycles. The highest BCUT2D eigenvalue weighted by atomic mass is 35.5. The molecule has 0 bridgehead atoms. The first-order chi connectivity index (χ1) is 12.6. The van der Waals surface area contributed by atoms with Crippen molar-refractivity contribution >= 4 is 23.2 Å². The molecular weight excluding hydrogens is 352 g/mol. The molecule has 0 spiro atoms. The third kappa shape index (κ3) is 3.14. The summed E-state index contributed by atoms with van der Waals surface area (Å²) >= 11 is 6.24. The molecule has 1 N–H and O–H groups in total. The maximum absolute atomic E-state index is 6.24. The van der Waals surface area contributed by atoms with Gasteiger partial charge in [-0.05, 0) is 37.3 Å². The van der Waals surface area contributed by atoms with Crippen LogP contribution in [-0.2, 0) is 7.05 Å². The van der Waals surface area contributed by atoms with Gasteiger partial charge in [-0.3, -0.25) is 4.68 Å². The number of halogens is 1. The zero-order chi connectivity index (χ0) is 18.1. The average Bonchev–Trinajstić information content (AvgIpc) is 3.26. The number of nitrogens with zero attached hydrogens (tertiary/aromatic N) is 7. The molecule has 0 radical (unpaired) electrons. The molecule has 0 fully saturated rings. The Kier molecular flexibility index (Phi) is 4.10. The molecule has 130 valence electrons.